The Hall–Kier alpha value is -2.78. The second-order valence-electron chi connectivity index (χ2n) is 9.47. The summed E-state index contributed by atoms with van der Waals surface area (Å²) in [6.07, 6.45) is 13.4. The summed E-state index contributed by atoms with van der Waals surface area (Å²) in [5.74, 6) is 2.07. The summed E-state index contributed by atoms with van der Waals surface area (Å²) < 4.78 is 5.82. The van der Waals surface area contributed by atoms with E-state index in [0.717, 1.165) is 54.2 Å². The lowest BCUT2D eigenvalue weighted by Gasteiger charge is -2.29. The van der Waals surface area contributed by atoms with Crippen molar-refractivity contribution < 1.29 is 4.74 Å². The number of unbranched alkanes of at least 4 members (excludes halogenated alkanes) is 4. The first-order valence-corrected chi connectivity index (χ1v) is 12.9. The largest absolute Gasteiger partial charge is 0.494 e. The molecule has 1 fully saturated rings. The molecule has 0 spiro atoms. The van der Waals surface area contributed by atoms with Gasteiger partial charge >= 0.3 is 0 Å². The second kappa shape index (κ2) is 13.1. The smallest absolute Gasteiger partial charge is 0.119 e. The van der Waals surface area contributed by atoms with Crippen molar-refractivity contribution in [2.24, 2.45) is 5.92 Å². The lowest BCUT2D eigenvalue weighted by Crippen LogP contribution is -2.15. The van der Waals surface area contributed by atoms with E-state index in [4.69, 9.17) is 4.74 Å². The molecule has 3 nitrogen and oxygen atoms in total. The van der Waals surface area contributed by atoms with E-state index in [9.17, 15) is 10.5 Å². The minimum atomic E-state index is 0.391. The molecule has 0 amide bonds. The van der Waals surface area contributed by atoms with Crippen molar-refractivity contribution in [3.05, 3.63) is 53.1 Å². The average molecular weight is 443 g/mol. The van der Waals surface area contributed by atoms with Crippen molar-refractivity contribution in [3.8, 4) is 29.0 Å². The Labute approximate surface area is 200 Å². The number of nitrogens with zero attached hydrogens (tertiary/aromatic N) is 2. The fraction of sp³-hybridized carbons (Fsp3) is 0.533. The zero-order valence-corrected chi connectivity index (χ0v) is 20.4. The summed E-state index contributed by atoms with van der Waals surface area (Å²) in [4.78, 5) is 0. The van der Waals surface area contributed by atoms with E-state index in [-0.39, 0.29) is 0 Å². The van der Waals surface area contributed by atoms with Gasteiger partial charge in [-0.05, 0) is 67.2 Å². The van der Waals surface area contributed by atoms with Crippen LogP contribution in [0.3, 0.4) is 0 Å². The molecule has 0 atom stereocenters. The summed E-state index contributed by atoms with van der Waals surface area (Å²) >= 11 is 0. The van der Waals surface area contributed by atoms with Gasteiger partial charge in [0.15, 0.2) is 0 Å². The van der Waals surface area contributed by atoms with Crippen LogP contribution in [0.2, 0.25) is 0 Å². The standard InChI is InChI=1S/C30H38N2O/c1-3-5-7-9-23-10-12-24(13-11-23)27-18-19-28(30(22-32)29(27)21-31)25-14-16-26(17-15-25)33-20-8-6-4-2/h14-19,23-24H,3-13,20H2,1-2H3. The molecule has 0 aromatic heterocycles. The zero-order chi connectivity index (χ0) is 23.5. The van der Waals surface area contributed by atoms with Gasteiger partial charge in [-0.3, -0.25) is 0 Å². The number of ether oxygens (including phenoxy) is 1. The lowest BCUT2D eigenvalue weighted by molar-refractivity contribution is 0.302. The van der Waals surface area contributed by atoms with Gasteiger partial charge in [-0.2, -0.15) is 10.5 Å². The predicted octanol–water partition coefficient (Wildman–Crippen LogP) is 8.52. The Morgan fingerprint density at radius 3 is 2.09 bits per heavy atom. The van der Waals surface area contributed by atoms with Gasteiger partial charge in [0.2, 0.25) is 0 Å². The minimum absolute atomic E-state index is 0.391. The van der Waals surface area contributed by atoms with Crippen LogP contribution in [0.25, 0.3) is 11.1 Å². The van der Waals surface area contributed by atoms with Crippen LogP contribution in [0, 0.1) is 28.6 Å². The van der Waals surface area contributed by atoms with E-state index in [1.54, 1.807) is 0 Å². The highest BCUT2D eigenvalue weighted by molar-refractivity contribution is 5.75. The summed E-state index contributed by atoms with van der Waals surface area (Å²) in [5.41, 5.74) is 3.94. The lowest BCUT2D eigenvalue weighted by atomic mass is 9.75. The van der Waals surface area contributed by atoms with Crippen LogP contribution >= 0.6 is 0 Å². The Morgan fingerprint density at radius 2 is 1.45 bits per heavy atom. The fourth-order valence-corrected chi connectivity index (χ4v) is 5.15. The molecule has 1 aliphatic carbocycles. The number of hydrogen-bond acceptors (Lipinski definition) is 3. The van der Waals surface area contributed by atoms with Gasteiger partial charge in [-0.15, -0.1) is 0 Å². The summed E-state index contributed by atoms with van der Waals surface area (Å²) in [5, 5.41) is 20.0. The molecule has 3 heteroatoms. The van der Waals surface area contributed by atoms with Crippen LogP contribution in [0.1, 0.15) is 107 Å². The van der Waals surface area contributed by atoms with Gasteiger partial charge in [0, 0.05) is 5.56 Å². The molecule has 1 aliphatic rings. The zero-order valence-electron chi connectivity index (χ0n) is 20.4. The molecule has 2 aromatic rings. The number of hydrogen-bond donors (Lipinski definition) is 0. The van der Waals surface area contributed by atoms with E-state index in [0.29, 0.717) is 17.0 Å². The molecule has 0 unspecified atom stereocenters. The molecular formula is C30H38N2O. The Bertz CT molecular complexity index is 957. The van der Waals surface area contributed by atoms with Crippen molar-refractivity contribution in [3.63, 3.8) is 0 Å². The minimum Gasteiger partial charge on any atom is -0.494 e. The Balaban J connectivity index is 1.73. The fourth-order valence-electron chi connectivity index (χ4n) is 5.15. The molecular weight excluding hydrogens is 404 g/mol. The first-order valence-electron chi connectivity index (χ1n) is 12.9. The monoisotopic (exact) mass is 442 g/mol. The Morgan fingerprint density at radius 1 is 0.788 bits per heavy atom. The highest BCUT2D eigenvalue weighted by Gasteiger charge is 2.26. The molecule has 3 rings (SSSR count). The highest BCUT2D eigenvalue weighted by Crippen LogP contribution is 2.41. The van der Waals surface area contributed by atoms with Crippen molar-refractivity contribution >= 4 is 0 Å². The van der Waals surface area contributed by atoms with Crippen molar-refractivity contribution in [1.82, 2.24) is 0 Å². The first-order chi connectivity index (χ1) is 16.2. The van der Waals surface area contributed by atoms with Gasteiger partial charge in [0.05, 0.1) is 17.7 Å². The van der Waals surface area contributed by atoms with Crippen LogP contribution in [0.4, 0.5) is 0 Å². The number of rotatable bonds is 11. The van der Waals surface area contributed by atoms with Crippen LogP contribution in [0.5, 0.6) is 5.75 Å². The van der Waals surface area contributed by atoms with Crippen LogP contribution < -0.4 is 4.74 Å². The third kappa shape index (κ3) is 6.61. The Kier molecular flexibility index (Phi) is 9.83. The third-order valence-electron chi connectivity index (χ3n) is 7.15. The average Bonchev–Trinajstić information content (AvgIpc) is 2.86. The molecule has 0 bridgehead atoms. The molecule has 0 radical (unpaired) electrons. The van der Waals surface area contributed by atoms with Gasteiger partial charge in [0.1, 0.15) is 17.9 Å². The van der Waals surface area contributed by atoms with Crippen LogP contribution in [0.15, 0.2) is 36.4 Å². The summed E-state index contributed by atoms with van der Waals surface area (Å²) in [7, 11) is 0. The number of benzene rings is 2. The maximum absolute atomic E-state index is 9.99. The molecule has 2 aromatic carbocycles. The molecule has 0 N–H and O–H groups in total. The SMILES string of the molecule is CCCCCOc1ccc(-c2ccc(C3CCC(CCCCC)CC3)c(C#N)c2C#N)cc1. The maximum Gasteiger partial charge on any atom is 0.119 e. The second-order valence-corrected chi connectivity index (χ2v) is 9.47. The van der Waals surface area contributed by atoms with E-state index in [2.05, 4.69) is 32.1 Å². The van der Waals surface area contributed by atoms with Crippen molar-refractivity contribution in [1.29, 1.82) is 10.5 Å². The molecule has 0 heterocycles. The topological polar surface area (TPSA) is 56.8 Å². The number of nitriles is 2. The van der Waals surface area contributed by atoms with E-state index in [1.165, 1.54) is 51.4 Å². The van der Waals surface area contributed by atoms with Crippen molar-refractivity contribution in [2.45, 2.75) is 90.4 Å². The summed E-state index contributed by atoms with van der Waals surface area (Å²) in [6.45, 7) is 5.17. The van der Waals surface area contributed by atoms with Gasteiger partial charge in [0.25, 0.3) is 0 Å². The summed E-state index contributed by atoms with van der Waals surface area (Å²) in [6, 6.07) is 16.8. The van der Waals surface area contributed by atoms with E-state index >= 15 is 0 Å². The molecule has 0 saturated heterocycles. The maximum atomic E-state index is 9.99. The van der Waals surface area contributed by atoms with Gasteiger partial charge in [-0.25, -0.2) is 0 Å². The van der Waals surface area contributed by atoms with E-state index < -0.39 is 0 Å². The molecule has 33 heavy (non-hydrogen) atoms. The predicted molar refractivity (Wildman–Crippen MR) is 135 cm³/mol. The highest BCUT2D eigenvalue weighted by atomic mass is 16.5. The molecule has 0 aliphatic heterocycles. The normalized spacial score (nSPS) is 17.8. The van der Waals surface area contributed by atoms with Crippen LogP contribution in [-0.4, -0.2) is 6.61 Å². The first kappa shape index (κ1) is 24.9. The van der Waals surface area contributed by atoms with Gasteiger partial charge in [-0.1, -0.05) is 76.6 Å². The van der Waals surface area contributed by atoms with Crippen LogP contribution in [-0.2, 0) is 0 Å². The van der Waals surface area contributed by atoms with E-state index in [1.807, 2.05) is 30.3 Å². The third-order valence-corrected chi connectivity index (χ3v) is 7.15. The van der Waals surface area contributed by atoms with Gasteiger partial charge < -0.3 is 4.74 Å². The van der Waals surface area contributed by atoms with Crippen molar-refractivity contribution in [2.75, 3.05) is 6.61 Å². The quantitative estimate of drug-likeness (QED) is 0.328. The molecule has 1 saturated carbocycles. The molecule has 174 valence electrons.